The summed E-state index contributed by atoms with van der Waals surface area (Å²) in [6, 6.07) is 10.2. The largest absolute Gasteiger partial charge is 0.357 e. The smallest absolute Gasteiger partial charge is 0.251 e. The number of nitrogens with zero attached hydrogens (tertiary/aromatic N) is 3. The molecule has 0 saturated carbocycles. The summed E-state index contributed by atoms with van der Waals surface area (Å²) >= 11 is 0. The van der Waals surface area contributed by atoms with Gasteiger partial charge in [-0.25, -0.2) is 9.37 Å². The predicted molar refractivity (Wildman–Crippen MR) is 118 cm³/mol. The van der Waals surface area contributed by atoms with Crippen molar-refractivity contribution in [3.63, 3.8) is 0 Å². The van der Waals surface area contributed by atoms with Crippen molar-refractivity contribution < 1.29 is 4.39 Å². The quantitative estimate of drug-likeness (QED) is 0.523. The molecule has 1 aliphatic heterocycles. The van der Waals surface area contributed by atoms with E-state index in [-0.39, 0.29) is 17.3 Å². The lowest BCUT2D eigenvalue weighted by Crippen LogP contribution is -2.35. The van der Waals surface area contributed by atoms with E-state index in [1.165, 1.54) is 6.07 Å². The maximum absolute atomic E-state index is 13.6. The molecule has 0 spiro atoms. The molecule has 1 fully saturated rings. The molecule has 3 aromatic heterocycles. The number of piperidine rings is 1. The Morgan fingerprint density at radius 3 is 2.84 bits per heavy atom. The fourth-order valence-electron chi connectivity index (χ4n) is 4.51. The molecule has 4 aromatic rings. The molecule has 5 rings (SSSR count). The van der Waals surface area contributed by atoms with Gasteiger partial charge in [0, 0.05) is 59.6 Å². The topological polar surface area (TPSA) is 77.7 Å². The van der Waals surface area contributed by atoms with Gasteiger partial charge in [0.1, 0.15) is 11.6 Å². The SMILES string of the molecule is Cc1c(CN2CCC[C@H](c3cc(=O)[nH]c(-c4ccncc4)n3)C2)[nH]c2ccc(F)cc12. The minimum atomic E-state index is -0.218. The number of likely N-dealkylation sites (tertiary alicyclic amines) is 1. The summed E-state index contributed by atoms with van der Waals surface area (Å²) < 4.78 is 13.6. The highest BCUT2D eigenvalue weighted by Crippen LogP contribution is 2.29. The van der Waals surface area contributed by atoms with E-state index in [0.29, 0.717) is 5.82 Å². The zero-order chi connectivity index (χ0) is 21.4. The number of aromatic amines is 2. The van der Waals surface area contributed by atoms with Gasteiger partial charge in [-0.05, 0) is 62.2 Å². The molecular weight excluding hydrogens is 393 g/mol. The Bertz CT molecular complexity index is 1280. The number of hydrogen-bond donors (Lipinski definition) is 2. The van der Waals surface area contributed by atoms with E-state index < -0.39 is 0 Å². The molecular formula is C24H24FN5O. The van der Waals surface area contributed by atoms with Crippen LogP contribution in [-0.4, -0.2) is 37.9 Å². The molecule has 1 aliphatic rings. The van der Waals surface area contributed by atoms with Crippen molar-refractivity contribution in [1.29, 1.82) is 0 Å². The molecule has 31 heavy (non-hydrogen) atoms. The second-order valence-corrected chi connectivity index (χ2v) is 8.25. The standard InChI is InChI=1S/C24H24FN5O/c1-15-19-11-18(25)4-5-20(19)27-22(15)14-30-10-2-3-17(13-30)21-12-23(31)29-24(28-21)16-6-8-26-9-7-16/h4-9,11-12,17,27H,2-3,10,13-14H2,1H3,(H,28,29,31)/t17-/m0/s1. The number of fused-ring (bicyclic) bond motifs is 1. The molecule has 2 N–H and O–H groups in total. The van der Waals surface area contributed by atoms with Crippen LogP contribution in [0.3, 0.4) is 0 Å². The van der Waals surface area contributed by atoms with Gasteiger partial charge in [-0.1, -0.05) is 0 Å². The lowest BCUT2D eigenvalue weighted by atomic mass is 9.94. The third-order valence-corrected chi connectivity index (χ3v) is 6.14. The second kappa shape index (κ2) is 8.07. The van der Waals surface area contributed by atoms with Crippen LogP contribution < -0.4 is 5.56 Å². The zero-order valence-electron chi connectivity index (χ0n) is 17.4. The molecule has 0 unspecified atom stereocenters. The zero-order valence-corrected chi connectivity index (χ0v) is 17.4. The molecule has 158 valence electrons. The molecule has 0 radical (unpaired) electrons. The molecule has 1 saturated heterocycles. The Kier molecular flexibility index (Phi) is 5.11. The first-order valence-electron chi connectivity index (χ1n) is 10.6. The van der Waals surface area contributed by atoms with Gasteiger partial charge in [0.2, 0.25) is 0 Å². The monoisotopic (exact) mass is 417 g/mol. The van der Waals surface area contributed by atoms with Gasteiger partial charge in [0.15, 0.2) is 0 Å². The highest BCUT2D eigenvalue weighted by molar-refractivity contribution is 5.84. The van der Waals surface area contributed by atoms with Gasteiger partial charge < -0.3 is 9.97 Å². The van der Waals surface area contributed by atoms with E-state index in [1.54, 1.807) is 30.6 Å². The van der Waals surface area contributed by atoms with Gasteiger partial charge in [-0.2, -0.15) is 0 Å². The molecule has 7 heteroatoms. The second-order valence-electron chi connectivity index (χ2n) is 8.25. The van der Waals surface area contributed by atoms with Crippen LogP contribution in [0.15, 0.2) is 53.6 Å². The van der Waals surface area contributed by atoms with Crippen molar-refractivity contribution in [2.45, 2.75) is 32.2 Å². The Hall–Kier alpha value is -3.32. The first-order chi connectivity index (χ1) is 15.1. The summed E-state index contributed by atoms with van der Waals surface area (Å²) in [5.41, 5.74) is 4.70. The number of aryl methyl sites for hydroxylation is 1. The number of aromatic nitrogens is 4. The summed E-state index contributed by atoms with van der Waals surface area (Å²) in [4.78, 5) is 29.8. The fraction of sp³-hybridized carbons (Fsp3) is 0.292. The Morgan fingerprint density at radius 2 is 2.00 bits per heavy atom. The van der Waals surface area contributed by atoms with E-state index in [0.717, 1.165) is 65.9 Å². The third-order valence-electron chi connectivity index (χ3n) is 6.14. The molecule has 6 nitrogen and oxygen atoms in total. The van der Waals surface area contributed by atoms with E-state index in [2.05, 4.69) is 19.9 Å². The minimum absolute atomic E-state index is 0.137. The summed E-state index contributed by atoms with van der Waals surface area (Å²) in [5.74, 6) is 0.554. The van der Waals surface area contributed by atoms with E-state index in [9.17, 15) is 9.18 Å². The van der Waals surface area contributed by atoms with Crippen LogP contribution in [0.5, 0.6) is 0 Å². The van der Waals surface area contributed by atoms with Gasteiger partial charge in [-0.15, -0.1) is 0 Å². The Morgan fingerprint density at radius 1 is 1.16 bits per heavy atom. The van der Waals surface area contributed by atoms with Crippen molar-refractivity contribution in [3.8, 4) is 11.4 Å². The molecule has 0 amide bonds. The van der Waals surface area contributed by atoms with Crippen molar-refractivity contribution >= 4 is 10.9 Å². The fourth-order valence-corrected chi connectivity index (χ4v) is 4.51. The van der Waals surface area contributed by atoms with Gasteiger partial charge in [-0.3, -0.25) is 14.7 Å². The summed E-state index contributed by atoms with van der Waals surface area (Å²) in [6.45, 7) is 4.61. The van der Waals surface area contributed by atoms with Crippen molar-refractivity contribution in [2.75, 3.05) is 13.1 Å². The molecule has 4 heterocycles. The molecule has 0 bridgehead atoms. The van der Waals surface area contributed by atoms with Crippen molar-refractivity contribution in [1.82, 2.24) is 24.8 Å². The van der Waals surface area contributed by atoms with Crippen LogP contribution in [0.1, 0.15) is 35.7 Å². The highest BCUT2D eigenvalue weighted by Gasteiger charge is 2.24. The number of rotatable bonds is 4. The lowest BCUT2D eigenvalue weighted by molar-refractivity contribution is 0.196. The third kappa shape index (κ3) is 4.01. The first-order valence-corrected chi connectivity index (χ1v) is 10.6. The average Bonchev–Trinajstić information content (AvgIpc) is 3.09. The van der Waals surface area contributed by atoms with Crippen LogP contribution in [0, 0.1) is 12.7 Å². The molecule has 1 aromatic carbocycles. The van der Waals surface area contributed by atoms with Gasteiger partial charge in [0.25, 0.3) is 5.56 Å². The predicted octanol–water partition coefficient (Wildman–Crippen LogP) is 4.14. The maximum Gasteiger partial charge on any atom is 0.251 e. The number of H-pyrrole nitrogens is 2. The Balaban J connectivity index is 1.38. The number of halogens is 1. The van der Waals surface area contributed by atoms with Crippen LogP contribution in [0.25, 0.3) is 22.3 Å². The lowest BCUT2D eigenvalue weighted by Gasteiger charge is -2.32. The van der Waals surface area contributed by atoms with Crippen LogP contribution in [-0.2, 0) is 6.54 Å². The van der Waals surface area contributed by atoms with Crippen LogP contribution in [0.2, 0.25) is 0 Å². The Labute approximate surface area is 179 Å². The number of pyridine rings is 1. The normalized spacial score (nSPS) is 17.3. The number of benzene rings is 1. The van der Waals surface area contributed by atoms with Gasteiger partial charge >= 0.3 is 0 Å². The van der Waals surface area contributed by atoms with Crippen LogP contribution >= 0.6 is 0 Å². The summed E-state index contributed by atoms with van der Waals surface area (Å²) in [6.07, 6.45) is 5.43. The van der Waals surface area contributed by atoms with E-state index in [1.807, 2.05) is 19.1 Å². The van der Waals surface area contributed by atoms with E-state index >= 15 is 0 Å². The number of nitrogens with one attached hydrogen (secondary N) is 2. The maximum atomic E-state index is 13.6. The molecule has 0 aliphatic carbocycles. The van der Waals surface area contributed by atoms with Gasteiger partial charge in [0.05, 0.1) is 5.69 Å². The number of hydrogen-bond acceptors (Lipinski definition) is 4. The van der Waals surface area contributed by atoms with Crippen LogP contribution in [0.4, 0.5) is 4.39 Å². The average molecular weight is 417 g/mol. The molecule has 1 atom stereocenters. The van der Waals surface area contributed by atoms with Crippen molar-refractivity contribution in [3.05, 3.63) is 81.9 Å². The summed E-state index contributed by atoms with van der Waals surface area (Å²) in [7, 11) is 0. The first kappa shape index (κ1) is 19.6. The summed E-state index contributed by atoms with van der Waals surface area (Å²) in [5, 5.41) is 0.932. The highest BCUT2D eigenvalue weighted by atomic mass is 19.1. The van der Waals surface area contributed by atoms with E-state index in [4.69, 9.17) is 4.98 Å². The van der Waals surface area contributed by atoms with Crippen molar-refractivity contribution in [2.24, 2.45) is 0 Å². The minimum Gasteiger partial charge on any atom is -0.357 e.